The third-order valence-electron chi connectivity index (χ3n) is 4.57. The summed E-state index contributed by atoms with van der Waals surface area (Å²) < 4.78 is 0. The molecule has 0 spiro atoms. The topological polar surface area (TPSA) is 170 Å². The zero-order valence-electron chi connectivity index (χ0n) is 16.8. The highest BCUT2D eigenvalue weighted by atomic mass is 16.4. The lowest BCUT2D eigenvalue weighted by molar-refractivity contribution is -0.142. The van der Waals surface area contributed by atoms with Crippen molar-refractivity contribution in [3.63, 3.8) is 0 Å². The first-order valence-electron chi connectivity index (χ1n) is 9.51. The lowest BCUT2D eigenvalue weighted by Gasteiger charge is -2.25. The Kier molecular flexibility index (Phi) is 7.93. The first-order valence-corrected chi connectivity index (χ1v) is 9.51. The van der Waals surface area contributed by atoms with Crippen LogP contribution in [0.2, 0.25) is 0 Å². The summed E-state index contributed by atoms with van der Waals surface area (Å²) in [5.41, 5.74) is 7.23. The van der Waals surface area contributed by atoms with Crippen LogP contribution in [0.25, 0.3) is 0 Å². The van der Waals surface area contributed by atoms with Crippen molar-refractivity contribution in [1.82, 2.24) is 20.6 Å². The van der Waals surface area contributed by atoms with Gasteiger partial charge in [0, 0.05) is 24.7 Å². The van der Waals surface area contributed by atoms with Gasteiger partial charge in [0.2, 0.25) is 11.8 Å². The van der Waals surface area contributed by atoms with Gasteiger partial charge in [0.1, 0.15) is 17.8 Å². The lowest BCUT2D eigenvalue weighted by atomic mass is 10.0. The molecule has 1 aromatic carbocycles. The molecule has 0 saturated carbocycles. The van der Waals surface area contributed by atoms with Crippen molar-refractivity contribution in [3.8, 4) is 5.75 Å². The number of hydrogen-bond acceptors (Lipinski definition) is 6. The minimum absolute atomic E-state index is 0.0272. The predicted octanol–water partition coefficient (Wildman–Crippen LogP) is -0.0620. The number of aromatic amines is 1. The van der Waals surface area contributed by atoms with Crippen LogP contribution in [0, 0.1) is 5.92 Å². The molecule has 0 bridgehead atoms. The van der Waals surface area contributed by atoms with E-state index in [0.717, 1.165) is 0 Å². The SMILES string of the molecule is CC(C)[C@H](NC(=O)[C@@H](N)Cc1cnc[nH]1)C(=O)N[C@@H](Cc1ccc(O)cc1)C(=O)O. The van der Waals surface area contributed by atoms with E-state index in [4.69, 9.17) is 5.73 Å². The van der Waals surface area contributed by atoms with E-state index in [0.29, 0.717) is 11.3 Å². The number of nitrogens with one attached hydrogen (secondary N) is 3. The molecular weight excluding hydrogens is 390 g/mol. The number of imidazole rings is 1. The highest BCUT2D eigenvalue weighted by Crippen LogP contribution is 2.12. The van der Waals surface area contributed by atoms with Gasteiger partial charge in [0.05, 0.1) is 12.4 Å². The van der Waals surface area contributed by atoms with Crippen LogP contribution in [0.3, 0.4) is 0 Å². The molecule has 1 heterocycles. The van der Waals surface area contributed by atoms with Gasteiger partial charge >= 0.3 is 5.97 Å². The number of amides is 2. The van der Waals surface area contributed by atoms with Gasteiger partial charge in [0.15, 0.2) is 0 Å². The summed E-state index contributed by atoms with van der Waals surface area (Å²) in [6, 6.07) is 2.99. The molecule has 0 radical (unpaired) electrons. The number of carbonyl (C=O) groups is 3. The van der Waals surface area contributed by atoms with Gasteiger partial charge in [-0.05, 0) is 23.6 Å². The number of rotatable bonds is 10. The molecule has 10 nitrogen and oxygen atoms in total. The van der Waals surface area contributed by atoms with Crippen LogP contribution in [0.1, 0.15) is 25.1 Å². The average molecular weight is 417 g/mol. The molecule has 0 aliphatic carbocycles. The van der Waals surface area contributed by atoms with E-state index in [2.05, 4.69) is 20.6 Å². The van der Waals surface area contributed by atoms with E-state index in [1.165, 1.54) is 18.5 Å². The number of H-pyrrole nitrogens is 1. The quantitative estimate of drug-likeness (QED) is 0.314. The zero-order valence-corrected chi connectivity index (χ0v) is 16.8. The number of hydrogen-bond donors (Lipinski definition) is 6. The Morgan fingerprint density at radius 3 is 2.30 bits per heavy atom. The van der Waals surface area contributed by atoms with Gasteiger partial charge in [-0.3, -0.25) is 9.59 Å². The molecule has 0 saturated heterocycles. The van der Waals surface area contributed by atoms with Crippen molar-refractivity contribution in [2.45, 2.75) is 44.8 Å². The fourth-order valence-corrected chi connectivity index (χ4v) is 2.85. The highest BCUT2D eigenvalue weighted by Gasteiger charge is 2.30. The Bertz CT molecular complexity index is 851. The summed E-state index contributed by atoms with van der Waals surface area (Å²) >= 11 is 0. The highest BCUT2D eigenvalue weighted by molar-refractivity contribution is 5.92. The van der Waals surface area contributed by atoms with Crippen molar-refractivity contribution < 1.29 is 24.6 Å². The Morgan fingerprint density at radius 2 is 1.77 bits per heavy atom. The Labute approximate surface area is 173 Å². The third kappa shape index (κ3) is 6.59. The molecule has 0 fully saturated rings. The molecule has 10 heteroatoms. The maximum atomic E-state index is 12.7. The second-order valence-electron chi connectivity index (χ2n) is 7.39. The van der Waals surface area contributed by atoms with Crippen molar-refractivity contribution in [1.29, 1.82) is 0 Å². The molecule has 2 amide bonds. The summed E-state index contributed by atoms with van der Waals surface area (Å²) in [6.45, 7) is 3.47. The van der Waals surface area contributed by atoms with Gasteiger partial charge in [-0.15, -0.1) is 0 Å². The molecule has 2 rings (SSSR count). The zero-order chi connectivity index (χ0) is 22.3. The number of phenols is 1. The number of benzene rings is 1. The molecule has 3 atom stereocenters. The Morgan fingerprint density at radius 1 is 1.10 bits per heavy atom. The van der Waals surface area contributed by atoms with E-state index in [-0.39, 0.29) is 24.5 Å². The fraction of sp³-hybridized carbons (Fsp3) is 0.400. The Balaban J connectivity index is 2.02. The van der Waals surface area contributed by atoms with Crippen LogP contribution in [-0.4, -0.2) is 56.1 Å². The third-order valence-corrected chi connectivity index (χ3v) is 4.57. The summed E-state index contributed by atoms with van der Waals surface area (Å²) in [4.78, 5) is 43.5. The average Bonchev–Trinajstić information content (AvgIpc) is 3.19. The van der Waals surface area contributed by atoms with Crippen LogP contribution >= 0.6 is 0 Å². The molecule has 2 aromatic rings. The number of aromatic hydroxyl groups is 1. The second-order valence-corrected chi connectivity index (χ2v) is 7.39. The fourth-order valence-electron chi connectivity index (χ4n) is 2.85. The molecule has 0 unspecified atom stereocenters. The van der Waals surface area contributed by atoms with Crippen LogP contribution in [0.15, 0.2) is 36.8 Å². The second kappa shape index (κ2) is 10.4. The molecule has 0 aliphatic rings. The van der Waals surface area contributed by atoms with Crippen LogP contribution in [0.5, 0.6) is 5.75 Å². The van der Waals surface area contributed by atoms with E-state index in [9.17, 15) is 24.6 Å². The van der Waals surface area contributed by atoms with Gasteiger partial charge in [0.25, 0.3) is 0 Å². The first kappa shape index (κ1) is 22.9. The van der Waals surface area contributed by atoms with Crippen molar-refractivity contribution in [3.05, 3.63) is 48.0 Å². The number of nitrogens with two attached hydrogens (primary N) is 1. The minimum atomic E-state index is -1.21. The number of aromatic nitrogens is 2. The van der Waals surface area contributed by atoms with Crippen molar-refractivity contribution in [2.75, 3.05) is 0 Å². The van der Waals surface area contributed by atoms with E-state index in [1.807, 2.05) is 0 Å². The van der Waals surface area contributed by atoms with Crippen LogP contribution in [-0.2, 0) is 27.2 Å². The number of carboxylic acid groups (broad SMARTS) is 1. The standard InChI is InChI=1S/C20H27N5O5/c1-11(2)17(25-18(27)15(21)8-13-9-22-10-23-13)19(28)24-16(20(29)30)7-12-3-5-14(26)6-4-12/h3-6,9-11,15-17,26H,7-8,21H2,1-2H3,(H,22,23)(H,24,28)(H,25,27)(H,29,30)/t15-,16-,17-/m0/s1. The number of carboxylic acids is 1. The van der Waals surface area contributed by atoms with Crippen LogP contribution in [0.4, 0.5) is 0 Å². The molecule has 162 valence electrons. The number of phenolic OH excluding ortho intramolecular Hbond substituents is 1. The molecule has 7 N–H and O–H groups in total. The number of aliphatic carboxylic acids is 1. The van der Waals surface area contributed by atoms with E-state index in [1.54, 1.807) is 32.2 Å². The molecule has 1 aromatic heterocycles. The largest absolute Gasteiger partial charge is 0.508 e. The maximum Gasteiger partial charge on any atom is 0.326 e. The smallest absolute Gasteiger partial charge is 0.326 e. The van der Waals surface area contributed by atoms with Crippen LogP contribution < -0.4 is 16.4 Å². The predicted molar refractivity (Wildman–Crippen MR) is 108 cm³/mol. The first-order chi connectivity index (χ1) is 14.2. The van der Waals surface area contributed by atoms with Gasteiger partial charge in [-0.25, -0.2) is 9.78 Å². The van der Waals surface area contributed by atoms with Gasteiger partial charge < -0.3 is 31.6 Å². The summed E-state index contributed by atoms with van der Waals surface area (Å²) in [7, 11) is 0. The molecular formula is C20H27N5O5. The van der Waals surface area contributed by atoms with Crippen molar-refractivity contribution >= 4 is 17.8 Å². The van der Waals surface area contributed by atoms with Crippen molar-refractivity contribution in [2.24, 2.45) is 11.7 Å². The summed E-state index contributed by atoms with van der Waals surface area (Å²) in [6.07, 6.45) is 3.28. The normalized spacial score (nSPS) is 14.0. The summed E-state index contributed by atoms with van der Waals surface area (Å²) in [5, 5.41) is 23.9. The number of carbonyl (C=O) groups excluding carboxylic acids is 2. The Hall–Kier alpha value is -3.40. The monoisotopic (exact) mass is 417 g/mol. The maximum absolute atomic E-state index is 12.7. The van der Waals surface area contributed by atoms with Gasteiger partial charge in [-0.2, -0.15) is 0 Å². The molecule has 0 aliphatic heterocycles. The summed E-state index contributed by atoms with van der Waals surface area (Å²) in [5.74, 6) is -2.58. The van der Waals surface area contributed by atoms with E-state index >= 15 is 0 Å². The molecule has 30 heavy (non-hydrogen) atoms. The lowest BCUT2D eigenvalue weighted by Crippen LogP contribution is -2.56. The van der Waals surface area contributed by atoms with Gasteiger partial charge in [-0.1, -0.05) is 26.0 Å². The number of nitrogens with zero attached hydrogens (tertiary/aromatic N) is 1. The minimum Gasteiger partial charge on any atom is -0.508 e. The van der Waals surface area contributed by atoms with E-state index < -0.39 is 35.9 Å².